The largest absolute Gasteiger partial charge is 0.254 e. The van der Waals surface area contributed by atoms with E-state index in [4.69, 9.17) is 4.98 Å². The first-order chi connectivity index (χ1) is 23.4. The van der Waals surface area contributed by atoms with Crippen molar-refractivity contribution in [3.63, 3.8) is 0 Å². The van der Waals surface area contributed by atoms with Crippen molar-refractivity contribution >= 4 is 54.1 Å². The second kappa shape index (κ2) is 10.9. The molecular weight excluding hydrogens is 581 g/mol. The van der Waals surface area contributed by atoms with Crippen LogP contribution in [0.3, 0.4) is 0 Å². The monoisotopic (exact) mass is 614 g/mol. The zero-order chi connectivity index (χ0) is 32.4. The van der Waals surface area contributed by atoms with Crippen LogP contribution in [0.5, 0.6) is 0 Å². The standard InChI is InChI=1S/C46H34N2/c1-46(2,3)36-23-20-29(21-24-36)42-37-10-4-6-12-39(37)43(40-13-7-5-11-38(40)42)35-19-17-32-27-34(18-16-33(32)28-35)41-25-22-31-15-14-30-9-8-26-47-44(30)45(31)48-41/h4-28H,1-3H3. The van der Waals surface area contributed by atoms with Gasteiger partial charge in [0, 0.05) is 22.5 Å². The van der Waals surface area contributed by atoms with Gasteiger partial charge in [-0.2, -0.15) is 0 Å². The second-order valence-electron chi connectivity index (χ2n) is 13.9. The maximum Gasteiger partial charge on any atom is 0.0972 e. The van der Waals surface area contributed by atoms with Gasteiger partial charge in [0.2, 0.25) is 0 Å². The van der Waals surface area contributed by atoms with E-state index in [2.05, 4.69) is 165 Å². The van der Waals surface area contributed by atoms with Crippen LogP contribution in [-0.4, -0.2) is 9.97 Å². The minimum Gasteiger partial charge on any atom is -0.254 e. The summed E-state index contributed by atoms with van der Waals surface area (Å²) < 4.78 is 0. The van der Waals surface area contributed by atoms with Crippen LogP contribution in [0.1, 0.15) is 26.3 Å². The number of nitrogens with zero attached hydrogens (tertiary/aromatic N) is 2. The van der Waals surface area contributed by atoms with Crippen LogP contribution in [0.25, 0.3) is 87.6 Å². The van der Waals surface area contributed by atoms with Crippen molar-refractivity contribution in [2.75, 3.05) is 0 Å². The van der Waals surface area contributed by atoms with Crippen molar-refractivity contribution in [1.29, 1.82) is 0 Å². The van der Waals surface area contributed by atoms with Crippen molar-refractivity contribution in [3.8, 4) is 33.5 Å². The number of hydrogen-bond acceptors (Lipinski definition) is 2. The molecular formula is C46H34N2. The van der Waals surface area contributed by atoms with E-state index in [1.54, 1.807) is 0 Å². The van der Waals surface area contributed by atoms with E-state index < -0.39 is 0 Å². The van der Waals surface area contributed by atoms with Gasteiger partial charge < -0.3 is 0 Å². The summed E-state index contributed by atoms with van der Waals surface area (Å²) in [6, 6.07) is 53.1. The van der Waals surface area contributed by atoms with Crippen LogP contribution in [0.15, 0.2) is 152 Å². The van der Waals surface area contributed by atoms with Crippen LogP contribution < -0.4 is 0 Å². The third-order valence-corrected chi connectivity index (χ3v) is 9.83. The Labute approximate surface area is 280 Å². The molecule has 0 aliphatic heterocycles. The van der Waals surface area contributed by atoms with E-state index in [-0.39, 0.29) is 5.41 Å². The number of aromatic nitrogens is 2. The van der Waals surface area contributed by atoms with Gasteiger partial charge in [0.1, 0.15) is 0 Å². The molecule has 0 aliphatic carbocycles. The Bertz CT molecular complexity index is 2640. The number of pyridine rings is 2. The highest BCUT2D eigenvalue weighted by molar-refractivity contribution is 6.21. The third kappa shape index (κ3) is 4.64. The summed E-state index contributed by atoms with van der Waals surface area (Å²) in [6.45, 7) is 6.81. The lowest BCUT2D eigenvalue weighted by atomic mass is 9.83. The van der Waals surface area contributed by atoms with Gasteiger partial charge in [-0.15, -0.1) is 0 Å². The molecule has 0 bridgehead atoms. The molecule has 0 saturated carbocycles. The van der Waals surface area contributed by atoms with Crippen molar-refractivity contribution < 1.29 is 0 Å². The average Bonchev–Trinajstić information content (AvgIpc) is 3.13. The quantitative estimate of drug-likeness (QED) is 0.146. The molecule has 2 heterocycles. The van der Waals surface area contributed by atoms with Crippen molar-refractivity contribution in [2.45, 2.75) is 26.2 Å². The lowest BCUT2D eigenvalue weighted by Gasteiger charge is -2.21. The van der Waals surface area contributed by atoms with Gasteiger partial charge in [0.25, 0.3) is 0 Å². The van der Waals surface area contributed by atoms with Gasteiger partial charge in [0.15, 0.2) is 0 Å². The highest BCUT2D eigenvalue weighted by atomic mass is 14.7. The van der Waals surface area contributed by atoms with Crippen LogP contribution in [-0.2, 0) is 5.41 Å². The topological polar surface area (TPSA) is 25.8 Å². The van der Waals surface area contributed by atoms with Crippen LogP contribution >= 0.6 is 0 Å². The molecule has 0 radical (unpaired) electrons. The molecule has 0 aliphatic rings. The Morgan fingerprint density at radius 3 is 1.54 bits per heavy atom. The van der Waals surface area contributed by atoms with Gasteiger partial charge in [-0.05, 0) is 89.8 Å². The summed E-state index contributed by atoms with van der Waals surface area (Å²) in [5.41, 5.74) is 10.4. The minimum absolute atomic E-state index is 0.113. The van der Waals surface area contributed by atoms with Gasteiger partial charge in [0.05, 0.1) is 16.7 Å². The molecule has 9 rings (SSSR count). The summed E-state index contributed by atoms with van der Waals surface area (Å²) in [6.07, 6.45) is 1.84. The summed E-state index contributed by atoms with van der Waals surface area (Å²) in [7, 11) is 0. The molecule has 48 heavy (non-hydrogen) atoms. The average molecular weight is 615 g/mol. The van der Waals surface area contributed by atoms with Gasteiger partial charge in [-0.1, -0.05) is 142 Å². The molecule has 9 aromatic rings. The molecule has 0 atom stereocenters. The van der Waals surface area contributed by atoms with E-state index in [0.29, 0.717) is 0 Å². The predicted octanol–water partition coefficient (Wildman–Crippen LogP) is 12.5. The van der Waals surface area contributed by atoms with E-state index in [0.717, 1.165) is 33.1 Å². The molecule has 7 aromatic carbocycles. The van der Waals surface area contributed by atoms with E-state index in [1.165, 1.54) is 60.1 Å². The molecule has 0 spiro atoms. The summed E-state index contributed by atoms with van der Waals surface area (Å²) >= 11 is 0. The van der Waals surface area contributed by atoms with E-state index >= 15 is 0 Å². The van der Waals surface area contributed by atoms with Crippen LogP contribution in [0.4, 0.5) is 0 Å². The smallest absolute Gasteiger partial charge is 0.0972 e. The maximum absolute atomic E-state index is 5.10. The molecule has 0 saturated heterocycles. The maximum atomic E-state index is 5.10. The summed E-state index contributed by atoms with van der Waals surface area (Å²) in [5.74, 6) is 0. The molecule has 0 fully saturated rings. The van der Waals surface area contributed by atoms with Crippen molar-refractivity contribution in [1.82, 2.24) is 9.97 Å². The third-order valence-electron chi connectivity index (χ3n) is 9.83. The number of benzene rings is 7. The lowest BCUT2D eigenvalue weighted by Crippen LogP contribution is -2.10. The molecule has 2 nitrogen and oxygen atoms in total. The van der Waals surface area contributed by atoms with E-state index in [1.807, 2.05) is 12.3 Å². The molecule has 0 N–H and O–H groups in total. The number of fused-ring (bicyclic) bond motifs is 6. The molecule has 228 valence electrons. The normalized spacial score (nSPS) is 12.1. The fourth-order valence-corrected chi connectivity index (χ4v) is 7.33. The van der Waals surface area contributed by atoms with Crippen molar-refractivity contribution in [2.24, 2.45) is 0 Å². The van der Waals surface area contributed by atoms with Crippen molar-refractivity contribution in [3.05, 3.63) is 157 Å². The summed E-state index contributed by atoms with van der Waals surface area (Å²) in [5, 5.41) is 9.68. The second-order valence-corrected chi connectivity index (χ2v) is 13.9. The first-order valence-electron chi connectivity index (χ1n) is 16.7. The molecule has 0 unspecified atom stereocenters. The van der Waals surface area contributed by atoms with Gasteiger partial charge >= 0.3 is 0 Å². The van der Waals surface area contributed by atoms with E-state index in [9.17, 15) is 0 Å². The first kappa shape index (κ1) is 28.4. The van der Waals surface area contributed by atoms with Gasteiger partial charge in [-0.25, -0.2) is 4.98 Å². The van der Waals surface area contributed by atoms with Crippen LogP contribution in [0.2, 0.25) is 0 Å². The zero-order valence-corrected chi connectivity index (χ0v) is 27.3. The Morgan fingerprint density at radius 1 is 0.417 bits per heavy atom. The summed E-state index contributed by atoms with van der Waals surface area (Å²) in [4.78, 5) is 9.75. The Morgan fingerprint density at radius 2 is 0.917 bits per heavy atom. The number of rotatable bonds is 3. The highest BCUT2D eigenvalue weighted by Crippen LogP contribution is 2.44. The molecule has 2 heteroatoms. The molecule has 0 amide bonds. The zero-order valence-electron chi connectivity index (χ0n) is 27.3. The predicted molar refractivity (Wildman–Crippen MR) is 205 cm³/mol. The first-order valence-corrected chi connectivity index (χ1v) is 16.7. The molecule has 2 aromatic heterocycles. The Hall–Kier alpha value is -5.86. The van der Waals surface area contributed by atoms with Crippen LogP contribution in [0, 0.1) is 0 Å². The fourth-order valence-electron chi connectivity index (χ4n) is 7.33. The SMILES string of the molecule is CC(C)(C)c1ccc(-c2c3ccccc3c(-c3ccc4cc(-c5ccc6ccc7cccnc7c6n5)ccc4c3)c3ccccc23)cc1. The number of hydrogen-bond donors (Lipinski definition) is 0. The fraction of sp³-hybridized carbons (Fsp3) is 0.0870. The Balaban J connectivity index is 1.19. The lowest BCUT2D eigenvalue weighted by molar-refractivity contribution is 0.590. The minimum atomic E-state index is 0.113. The highest BCUT2D eigenvalue weighted by Gasteiger charge is 2.18. The van der Waals surface area contributed by atoms with Gasteiger partial charge in [-0.3, -0.25) is 4.98 Å². The Kier molecular flexibility index (Phi) is 6.42.